The Kier molecular flexibility index (Phi) is 4.14. The molecule has 2 nitrogen and oxygen atoms in total. The lowest BCUT2D eigenvalue weighted by molar-refractivity contribution is 0.0792. The molecule has 1 aliphatic heterocycles. The lowest BCUT2D eigenvalue weighted by Gasteiger charge is -2.35. The molecule has 0 bridgehead atoms. The van der Waals surface area contributed by atoms with Crippen LogP contribution in [0.3, 0.4) is 0 Å². The summed E-state index contributed by atoms with van der Waals surface area (Å²) in [6.07, 6.45) is 2.03. The first kappa shape index (κ1) is 12.2. The van der Waals surface area contributed by atoms with Crippen molar-refractivity contribution in [2.75, 3.05) is 19.8 Å². The fraction of sp³-hybridized carbons (Fsp3) is 0.500. The molecule has 88 valence electrons. The van der Waals surface area contributed by atoms with E-state index in [9.17, 15) is 0 Å². The zero-order valence-corrected chi connectivity index (χ0v) is 10.7. The average Bonchev–Trinajstić information content (AvgIpc) is 2.30. The Hall–Kier alpha value is -0.220. The number of nitrogens with two attached hydrogens (primary N) is 1. The minimum Gasteiger partial charge on any atom is -0.381 e. The summed E-state index contributed by atoms with van der Waals surface area (Å²) >= 11 is 7.82. The summed E-state index contributed by atoms with van der Waals surface area (Å²) in [5, 5.41) is 0.782. The van der Waals surface area contributed by atoms with E-state index in [1.165, 1.54) is 4.90 Å². The Labute approximate surface area is 105 Å². The molecule has 2 rings (SSSR count). The lowest BCUT2D eigenvalue weighted by atomic mass is 9.99. The van der Waals surface area contributed by atoms with E-state index in [0.29, 0.717) is 6.54 Å². The second-order valence-corrected chi connectivity index (χ2v) is 6.04. The van der Waals surface area contributed by atoms with Crippen molar-refractivity contribution < 1.29 is 4.74 Å². The summed E-state index contributed by atoms with van der Waals surface area (Å²) in [6.45, 7) is 2.31. The van der Waals surface area contributed by atoms with E-state index in [2.05, 4.69) is 6.07 Å². The van der Waals surface area contributed by atoms with Gasteiger partial charge in [0.15, 0.2) is 0 Å². The number of hydrogen-bond acceptors (Lipinski definition) is 3. The molecule has 0 aromatic heterocycles. The quantitative estimate of drug-likeness (QED) is 0.904. The van der Waals surface area contributed by atoms with Crippen LogP contribution in [0.5, 0.6) is 0 Å². The van der Waals surface area contributed by atoms with Crippen LogP contribution < -0.4 is 5.73 Å². The van der Waals surface area contributed by atoms with Crippen LogP contribution in [0.25, 0.3) is 0 Å². The summed E-state index contributed by atoms with van der Waals surface area (Å²) in [6, 6.07) is 7.96. The largest absolute Gasteiger partial charge is 0.381 e. The average molecular weight is 258 g/mol. The zero-order valence-electron chi connectivity index (χ0n) is 9.12. The standard InChI is InChI=1S/C12H16ClNOS/c13-10-2-1-3-11(8-10)16-12(9-14)4-6-15-7-5-12/h1-3,8H,4-7,9,14H2. The molecule has 1 heterocycles. The van der Waals surface area contributed by atoms with Crippen molar-refractivity contribution >= 4 is 23.4 Å². The van der Waals surface area contributed by atoms with Gasteiger partial charge in [0.25, 0.3) is 0 Å². The van der Waals surface area contributed by atoms with Gasteiger partial charge in [0.05, 0.1) is 0 Å². The first-order chi connectivity index (χ1) is 7.74. The van der Waals surface area contributed by atoms with Crippen LogP contribution in [-0.4, -0.2) is 24.5 Å². The predicted octanol–water partition coefficient (Wildman–Crippen LogP) is 2.94. The smallest absolute Gasteiger partial charge is 0.0479 e. The van der Waals surface area contributed by atoms with E-state index in [1.54, 1.807) is 0 Å². The van der Waals surface area contributed by atoms with E-state index in [4.69, 9.17) is 22.1 Å². The molecule has 16 heavy (non-hydrogen) atoms. The monoisotopic (exact) mass is 257 g/mol. The molecule has 1 aromatic rings. The molecule has 0 aliphatic carbocycles. The van der Waals surface area contributed by atoms with E-state index in [0.717, 1.165) is 31.1 Å². The molecule has 1 saturated heterocycles. The van der Waals surface area contributed by atoms with E-state index in [-0.39, 0.29) is 4.75 Å². The number of hydrogen-bond donors (Lipinski definition) is 1. The van der Waals surface area contributed by atoms with Crippen LogP contribution in [0.15, 0.2) is 29.2 Å². The summed E-state index contributed by atoms with van der Waals surface area (Å²) in [5.41, 5.74) is 5.91. The summed E-state index contributed by atoms with van der Waals surface area (Å²) in [4.78, 5) is 1.19. The summed E-state index contributed by atoms with van der Waals surface area (Å²) in [7, 11) is 0. The number of benzene rings is 1. The maximum absolute atomic E-state index is 5.98. The molecule has 2 N–H and O–H groups in total. The Morgan fingerprint density at radius 3 is 2.75 bits per heavy atom. The first-order valence-electron chi connectivity index (χ1n) is 5.46. The molecule has 0 unspecified atom stereocenters. The highest BCUT2D eigenvalue weighted by atomic mass is 35.5. The van der Waals surface area contributed by atoms with Gasteiger partial charge in [-0.05, 0) is 31.0 Å². The van der Waals surface area contributed by atoms with Crippen molar-refractivity contribution in [2.24, 2.45) is 5.73 Å². The maximum atomic E-state index is 5.98. The SMILES string of the molecule is NCC1(Sc2cccc(Cl)c2)CCOCC1. The molecule has 1 aromatic carbocycles. The van der Waals surface area contributed by atoms with Gasteiger partial charge in [0.2, 0.25) is 0 Å². The van der Waals surface area contributed by atoms with Crippen molar-refractivity contribution in [3.05, 3.63) is 29.3 Å². The molecule has 0 amide bonds. The molecule has 0 spiro atoms. The van der Waals surface area contributed by atoms with Gasteiger partial charge in [-0.3, -0.25) is 0 Å². The van der Waals surface area contributed by atoms with Gasteiger partial charge in [-0.15, -0.1) is 11.8 Å². The van der Waals surface area contributed by atoms with E-state index in [1.807, 2.05) is 30.0 Å². The van der Waals surface area contributed by atoms with Crippen LogP contribution in [0.2, 0.25) is 5.02 Å². The highest BCUT2D eigenvalue weighted by Gasteiger charge is 2.32. The number of thioether (sulfide) groups is 1. The molecule has 0 atom stereocenters. The highest BCUT2D eigenvalue weighted by Crippen LogP contribution is 2.40. The Balaban J connectivity index is 2.11. The fourth-order valence-corrected chi connectivity index (χ4v) is 3.41. The molecule has 0 radical (unpaired) electrons. The molecule has 4 heteroatoms. The summed E-state index contributed by atoms with van der Waals surface area (Å²) in [5.74, 6) is 0. The number of halogens is 1. The van der Waals surface area contributed by atoms with Gasteiger partial charge >= 0.3 is 0 Å². The van der Waals surface area contributed by atoms with E-state index < -0.39 is 0 Å². The number of rotatable bonds is 3. The van der Waals surface area contributed by atoms with Crippen LogP contribution >= 0.6 is 23.4 Å². The Morgan fingerprint density at radius 1 is 1.38 bits per heavy atom. The Bertz CT molecular complexity index is 353. The third kappa shape index (κ3) is 2.92. The van der Waals surface area contributed by atoms with Gasteiger partial charge in [0, 0.05) is 34.4 Å². The molecular weight excluding hydrogens is 242 g/mol. The first-order valence-corrected chi connectivity index (χ1v) is 6.66. The van der Waals surface area contributed by atoms with Gasteiger partial charge in [-0.1, -0.05) is 17.7 Å². The number of ether oxygens (including phenoxy) is 1. The van der Waals surface area contributed by atoms with Crippen molar-refractivity contribution in [3.8, 4) is 0 Å². The van der Waals surface area contributed by atoms with Crippen LogP contribution in [0.4, 0.5) is 0 Å². The zero-order chi connectivity index (χ0) is 11.4. The van der Waals surface area contributed by atoms with Gasteiger partial charge < -0.3 is 10.5 Å². The van der Waals surface area contributed by atoms with E-state index >= 15 is 0 Å². The predicted molar refractivity (Wildman–Crippen MR) is 69.1 cm³/mol. The molecular formula is C12H16ClNOS. The minimum absolute atomic E-state index is 0.128. The highest BCUT2D eigenvalue weighted by molar-refractivity contribution is 8.00. The topological polar surface area (TPSA) is 35.2 Å². The van der Waals surface area contributed by atoms with Gasteiger partial charge in [0.1, 0.15) is 0 Å². The lowest BCUT2D eigenvalue weighted by Crippen LogP contribution is -2.40. The van der Waals surface area contributed by atoms with Gasteiger partial charge in [-0.2, -0.15) is 0 Å². The van der Waals surface area contributed by atoms with Crippen molar-refractivity contribution in [1.29, 1.82) is 0 Å². The second-order valence-electron chi connectivity index (χ2n) is 4.06. The third-order valence-electron chi connectivity index (χ3n) is 2.91. The van der Waals surface area contributed by atoms with Crippen molar-refractivity contribution in [1.82, 2.24) is 0 Å². The third-order valence-corrected chi connectivity index (χ3v) is 4.64. The Morgan fingerprint density at radius 2 is 2.12 bits per heavy atom. The van der Waals surface area contributed by atoms with Crippen LogP contribution in [0, 0.1) is 0 Å². The van der Waals surface area contributed by atoms with Crippen LogP contribution in [-0.2, 0) is 4.74 Å². The summed E-state index contributed by atoms with van der Waals surface area (Å²) < 4.78 is 5.52. The van der Waals surface area contributed by atoms with Crippen molar-refractivity contribution in [3.63, 3.8) is 0 Å². The molecule has 0 saturated carbocycles. The molecule has 1 fully saturated rings. The molecule has 1 aliphatic rings. The van der Waals surface area contributed by atoms with Crippen molar-refractivity contribution in [2.45, 2.75) is 22.5 Å². The minimum atomic E-state index is 0.128. The second kappa shape index (κ2) is 5.41. The normalized spacial score (nSPS) is 19.6. The fourth-order valence-electron chi connectivity index (χ4n) is 1.87. The van der Waals surface area contributed by atoms with Crippen LogP contribution in [0.1, 0.15) is 12.8 Å². The van der Waals surface area contributed by atoms with Gasteiger partial charge in [-0.25, -0.2) is 0 Å². The maximum Gasteiger partial charge on any atom is 0.0479 e.